The van der Waals surface area contributed by atoms with E-state index in [1.54, 1.807) is 60.7 Å². The van der Waals surface area contributed by atoms with E-state index in [1.807, 2.05) is 0 Å². The van der Waals surface area contributed by atoms with E-state index < -0.39 is 60.9 Å². The van der Waals surface area contributed by atoms with Gasteiger partial charge in [-0.25, -0.2) is 9.59 Å². The summed E-state index contributed by atoms with van der Waals surface area (Å²) in [6.07, 6.45) is -1.50. The lowest BCUT2D eigenvalue weighted by molar-refractivity contribution is -0.145. The summed E-state index contributed by atoms with van der Waals surface area (Å²) < 4.78 is 9.78. The van der Waals surface area contributed by atoms with E-state index in [1.165, 1.54) is 0 Å². The van der Waals surface area contributed by atoms with Gasteiger partial charge in [0.15, 0.2) is 0 Å². The molecule has 37 heavy (non-hydrogen) atoms. The predicted molar refractivity (Wildman–Crippen MR) is 130 cm³/mol. The van der Waals surface area contributed by atoms with Crippen LogP contribution >= 0.6 is 0 Å². The number of carbonyl (C=O) groups excluding carboxylic acids is 5. The van der Waals surface area contributed by atoms with Gasteiger partial charge in [-0.15, -0.1) is 0 Å². The number of hydrogen-bond acceptors (Lipinski definition) is 8. The zero-order valence-corrected chi connectivity index (χ0v) is 20.2. The van der Waals surface area contributed by atoms with Gasteiger partial charge in [0.1, 0.15) is 24.7 Å². The first-order valence-corrected chi connectivity index (χ1v) is 11.3. The third-order valence-electron chi connectivity index (χ3n) is 5.13. The fourth-order valence-electron chi connectivity index (χ4n) is 3.24. The van der Waals surface area contributed by atoms with Crippen molar-refractivity contribution >= 4 is 29.8 Å². The highest BCUT2D eigenvalue weighted by Crippen LogP contribution is 2.06. The van der Waals surface area contributed by atoms with E-state index in [0.717, 1.165) is 12.7 Å². The van der Waals surface area contributed by atoms with Crippen molar-refractivity contribution in [1.82, 2.24) is 16.0 Å². The Morgan fingerprint density at radius 1 is 0.811 bits per heavy atom. The minimum Gasteiger partial charge on any atom is -0.467 e. The lowest BCUT2D eigenvalue weighted by Gasteiger charge is -2.23. The van der Waals surface area contributed by atoms with Crippen LogP contribution < -0.4 is 21.7 Å². The van der Waals surface area contributed by atoms with Gasteiger partial charge in [-0.3, -0.25) is 14.4 Å². The molecule has 0 aromatic heterocycles. The molecule has 0 bridgehead atoms. The van der Waals surface area contributed by atoms with Gasteiger partial charge >= 0.3 is 12.1 Å². The van der Waals surface area contributed by atoms with E-state index in [-0.39, 0.29) is 13.0 Å². The standard InChI is InChI=1S/C25H30N4O8/c1-36-24(34)19(12-16-8-4-2-5-9-16)28-22(32)18(13-21(26)31)27-23(33)20(14-30)29-25(35)37-15-17-10-6-3-7-11-17/h2-11,18-20,30H,12-15H2,1H3,(H2,26,31)(H,27,33)(H,28,32)(H,29,35). The van der Waals surface area contributed by atoms with Gasteiger partial charge in [-0.05, 0) is 11.1 Å². The van der Waals surface area contributed by atoms with Gasteiger partial charge in [0.05, 0.1) is 20.1 Å². The summed E-state index contributed by atoms with van der Waals surface area (Å²) >= 11 is 0. The number of carbonyl (C=O) groups is 5. The first-order valence-electron chi connectivity index (χ1n) is 11.3. The first-order chi connectivity index (χ1) is 17.7. The zero-order valence-electron chi connectivity index (χ0n) is 20.2. The number of esters is 1. The summed E-state index contributed by atoms with van der Waals surface area (Å²) in [6.45, 7) is -0.897. The van der Waals surface area contributed by atoms with Gasteiger partial charge in [0.25, 0.3) is 0 Å². The normalized spacial score (nSPS) is 12.8. The Bertz CT molecular complexity index is 1060. The molecule has 198 valence electrons. The maximum Gasteiger partial charge on any atom is 0.408 e. The number of methoxy groups -OCH3 is 1. The number of primary amides is 1. The molecule has 0 aliphatic heterocycles. The molecule has 0 heterocycles. The van der Waals surface area contributed by atoms with Crippen LogP contribution in [0.1, 0.15) is 17.5 Å². The topological polar surface area (TPSA) is 186 Å². The fourth-order valence-corrected chi connectivity index (χ4v) is 3.24. The Labute approximate surface area is 213 Å². The quantitative estimate of drug-likeness (QED) is 0.222. The average Bonchev–Trinajstić information content (AvgIpc) is 2.90. The Balaban J connectivity index is 2.03. The van der Waals surface area contributed by atoms with Gasteiger partial charge in [-0.2, -0.15) is 0 Å². The number of nitrogens with two attached hydrogens (primary N) is 1. The second-order valence-corrected chi connectivity index (χ2v) is 7.95. The molecule has 0 radical (unpaired) electrons. The molecule has 3 unspecified atom stereocenters. The van der Waals surface area contributed by atoms with Crippen LogP contribution in [-0.2, 0) is 41.7 Å². The molecular formula is C25H30N4O8. The van der Waals surface area contributed by atoms with Crippen molar-refractivity contribution in [2.45, 2.75) is 37.6 Å². The molecule has 4 amide bonds. The molecule has 2 aromatic rings. The maximum atomic E-state index is 12.9. The summed E-state index contributed by atoms with van der Waals surface area (Å²) in [4.78, 5) is 61.5. The number of amides is 4. The summed E-state index contributed by atoms with van der Waals surface area (Å²) in [5, 5.41) is 16.5. The largest absolute Gasteiger partial charge is 0.467 e. The van der Waals surface area contributed by atoms with E-state index in [9.17, 15) is 29.1 Å². The second-order valence-electron chi connectivity index (χ2n) is 7.95. The number of aliphatic hydroxyl groups excluding tert-OH is 1. The molecule has 0 saturated heterocycles. The Kier molecular flexibility index (Phi) is 11.5. The van der Waals surface area contributed by atoms with Crippen LogP contribution in [0, 0.1) is 0 Å². The zero-order chi connectivity index (χ0) is 27.2. The highest BCUT2D eigenvalue weighted by molar-refractivity contribution is 5.95. The molecule has 3 atom stereocenters. The summed E-state index contributed by atoms with van der Waals surface area (Å²) in [5.74, 6) is -3.51. The van der Waals surface area contributed by atoms with Crippen LogP contribution in [0.4, 0.5) is 4.79 Å². The minimum absolute atomic E-state index is 0.0739. The average molecular weight is 515 g/mol. The van der Waals surface area contributed by atoms with Crippen molar-refractivity contribution in [1.29, 1.82) is 0 Å². The molecule has 6 N–H and O–H groups in total. The van der Waals surface area contributed by atoms with Gasteiger partial charge in [0, 0.05) is 6.42 Å². The van der Waals surface area contributed by atoms with Crippen molar-refractivity contribution in [3.8, 4) is 0 Å². The monoisotopic (exact) mass is 514 g/mol. The van der Waals surface area contributed by atoms with E-state index >= 15 is 0 Å². The molecule has 12 nitrogen and oxygen atoms in total. The summed E-state index contributed by atoms with van der Waals surface area (Å²) in [7, 11) is 1.16. The number of alkyl carbamates (subject to hydrolysis) is 1. The van der Waals surface area contributed by atoms with Crippen molar-refractivity contribution in [2.75, 3.05) is 13.7 Å². The molecule has 0 aliphatic carbocycles. The minimum atomic E-state index is -1.50. The highest BCUT2D eigenvalue weighted by atomic mass is 16.5. The predicted octanol–water partition coefficient (Wildman–Crippen LogP) is -0.466. The molecule has 2 aromatic carbocycles. The van der Waals surface area contributed by atoms with Crippen molar-refractivity contribution in [3.05, 3.63) is 71.8 Å². The van der Waals surface area contributed by atoms with Crippen LogP contribution in [0.3, 0.4) is 0 Å². The van der Waals surface area contributed by atoms with Crippen LogP contribution in [0.15, 0.2) is 60.7 Å². The van der Waals surface area contributed by atoms with Crippen molar-refractivity contribution < 1.29 is 38.6 Å². The van der Waals surface area contributed by atoms with E-state index in [2.05, 4.69) is 16.0 Å². The van der Waals surface area contributed by atoms with Crippen LogP contribution in [0.2, 0.25) is 0 Å². The Hall–Kier alpha value is -4.45. The molecule has 2 rings (SSSR count). The van der Waals surface area contributed by atoms with Crippen LogP contribution in [0.5, 0.6) is 0 Å². The van der Waals surface area contributed by atoms with E-state index in [4.69, 9.17) is 15.2 Å². The Morgan fingerprint density at radius 2 is 1.35 bits per heavy atom. The van der Waals surface area contributed by atoms with Gasteiger partial charge < -0.3 is 36.3 Å². The molecule has 0 fully saturated rings. The fraction of sp³-hybridized carbons (Fsp3) is 0.320. The lowest BCUT2D eigenvalue weighted by Crippen LogP contribution is -2.57. The van der Waals surface area contributed by atoms with Gasteiger partial charge in [0.2, 0.25) is 17.7 Å². The molecule has 0 spiro atoms. The number of aliphatic hydroxyl groups is 1. The number of benzene rings is 2. The van der Waals surface area contributed by atoms with Crippen LogP contribution in [-0.4, -0.2) is 66.7 Å². The summed E-state index contributed by atoms with van der Waals surface area (Å²) in [6, 6.07) is 13.5. The highest BCUT2D eigenvalue weighted by Gasteiger charge is 2.31. The van der Waals surface area contributed by atoms with Crippen molar-refractivity contribution in [2.24, 2.45) is 5.73 Å². The molecule has 0 aliphatic rings. The smallest absolute Gasteiger partial charge is 0.408 e. The number of hydrogen-bond donors (Lipinski definition) is 5. The second kappa shape index (κ2) is 14.8. The van der Waals surface area contributed by atoms with Crippen molar-refractivity contribution in [3.63, 3.8) is 0 Å². The number of rotatable bonds is 13. The van der Waals surface area contributed by atoms with Gasteiger partial charge in [-0.1, -0.05) is 60.7 Å². The maximum absolute atomic E-state index is 12.9. The number of ether oxygens (including phenoxy) is 2. The lowest BCUT2D eigenvalue weighted by atomic mass is 10.0. The molecule has 12 heteroatoms. The third kappa shape index (κ3) is 9.98. The number of nitrogens with one attached hydrogen (secondary N) is 3. The first kappa shape index (κ1) is 28.8. The summed E-state index contributed by atoms with van der Waals surface area (Å²) in [5.41, 5.74) is 6.66. The third-order valence-corrected chi connectivity index (χ3v) is 5.13. The van der Waals surface area contributed by atoms with E-state index in [0.29, 0.717) is 5.56 Å². The molecule has 0 saturated carbocycles. The Morgan fingerprint density at radius 3 is 1.89 bits per heavy atom. The SMILES string of the molecule is COC(=O)C(Cc1ccccc1)NC(=O)C(CC(N)=O)NC(=O)C(CO)NC(=O)OCc1ccccc1. The molecular weight excluding hydrogens is 484 g/mol. The van der Waals surface area contributed by atoms with Crippen LogP contribution in [0.25, 0.3) is 0 Å².